The molecule has 0 spiro atoms. The Balaban J connectivity index is 1.78. The number of nitrogens with zero attached hydrogens (tertiary/aromatic N) is 1. The van der Waals surface area contributed by atoms with Crippen molar-refractivity contribution in [1.82, 2.24) is 0 Å². The van der Waals surface area contributed by atoms with Crippen molar-refractivity contribution >= 4 is 11.5 Å². The third-order valence-electron chi connectivity index (χ3n) is 3.61. The summed E-state index contributed by atoms with van der Waals surface area (Å²) in [6, 6.07) is 0. The molecule has 0 radical (unpaired) electrons. The van der Waals surface area contributed by atoms with Crippen molar-refractivity contribution in [2.24, 2.45) is 17.0 Å². The van der Waals surface area contributed by atoms with Gasteiger partial charge in [0.05, 0.1) is 5.71 Å². The lowest BCUT2D eigenvalue weighted by Crippen LogP contribution is -2.30. The minimum Gasteiger partial charge on any atom is -0.362 e. The minimum atomic E-state index is -0.408. The Kier molecular flexibility index (Phi) is 2.24. The monoisotopic (exact) mass is 209 g/mol. The molecule has 82 valence electrons. The molecule has 0 aromatic rings. The number of fused-ring (bicyclic) bond motifs is 1. The van der Waals surface area contributed by atoms with Gasteiger partial charge in [-0.3, -0.25) is 4.79 Å². The van der Waals surface area contributed by atoms with E-state index in [9.17, 15) is 4.79 Å². The molecule has 1 saturated heterocycles. The second-order valence-corrected chi connectivity index (χ2v) is 4.58. The fraction of sp³-hybridized carbons (Fsp3) is 0.818. The van der Waals surface area contributed by atoms with Crippen molar-refractivity contribution in [2.75, 3.05) is 6.61 Å². The lowest BCUT2D eigenvalue weighted by atomic mass is 9.80. The molecule has 4 nitrogen and oxygen atoms in total. The highest BCUT2D eigenvalue weighted by Gasteiger charge is 2.47. The Hall–Kier alpha value is -0.900. The van der Waals surface area contributed by atoms with Gasteiger partial charge in [0.1, 0.15) is 12.5 Å². The summed E-state index contributed by atoms with van der Waals surface area (Å²) in [6.45, 7) is 0.196. The number of rotatable bonds is 1. The van der Waals surface area contributed by atoms with Crippen LogP contribution in [0.3, 0.4) is 0 Å². The van der Waals surface area contributed by atoms with Gasteiger partial charge in [-0.1, -0.05) is 24.4 Å². The van der Waals surface area contributed by atoms with Crippen LogP contribution in [0.25, 0.3) is 0 Å². The molecule has 0 aromatic heterocycles. The number of hydrogen-bond donors (Lipinski definition) is 0. The molecule has 0 unspecified atom stereocenters. The van der Waals surface area contributed by atoms with Crippen LogP contribution in [0.5, 0.6) is 0 Å². The highest BCUT2D eigenvalue weighted by Crippen LogP contribution is 2.35. The van der Waals surface area contributed by atoms with E-state index in [0.29, 0.717) is 5.92 Å². The predicted octanol–water partition coefficient (Wildman–Crippen LogP) is 1.49. The highest BCUT2D eigenvalue weighted by atomic mass is 16.8. The smallest absolute Gasteiger partial charge is 0.242 e. The van der Waals surface area contributed by atoms with E-state index in [2.05, 4.69) is 5.16 Å². The number of oxime groups is 1. The van der Waals surface area contributed by atoms with Gasteiger partial charge in [0.15, 0.2) is 5.78 Å². The molecule has 2 fully saturated rings. The second kappa shape index (κ2) is 3.59. The molecule has 0 aromatic carbocycles. The van der Waals surface area contributed by atoms with Gasteiger partial charge in [0.2, 0.25) is 6.29 Å². The van der Waals surface area contributed by atoms with Gasteiger partial charge >= 0.3 is 0 Å². The predicted molar refractivity (Wildman–Crippen MR) is 53.3 cm³/mol. The number of hydrogen-bond acceptors (Lipinski definition) is 4. The SMILES string of the molecule is O=C1CO[C@H]2ON=C(C3CCCCC3)[C@@H]12. The first-order valence-electron chi connectivity index (χ1n) is 5.74. The maximum absolute atomic E-state index is 11.6. The Labute approximate surface area is 88.6 Å². The maximum atomic E-state index is 11.6. The third kappa shape index (κ3) is 1.47. The van der Waals surface area contributed by atoms with E-state index >= 15 is 0 Å². The van der Waals surface area contributed by atoms with Crippen LogP contribution in [0.15, 0.2) is 5.16 Å². The molecule has 0 amide bonds. The van der Waals surface area contributed by atoms with Crippen LogP contribution >= 0.6 is 0 Å². The summed E-state index contributed by atoms with van der Waals surface area (Å²) in [7, 11) is 0. The molecule has 4 heteroatoms. The topological polar surface area (TPSA) is 47.9 Å². The van der Waals surface area contributed by atoms with E-state index in [-0.39, 0.29) is 18.3 Å². The van der Waals surface area contributed by atoms with Crippen LogP contribution in [-0.4, -0.2) is 24.4 Å². The lowest BCUT2D eigenvalue weighted by molar-refractivity contribution is -0.119. The van der Waals surface area contributed by atoms with Crippen molar-refractivity contribution in [3.05, 3.63) is 0 Å². The Morgan fingerprint density at radius 1 is 1.20 bits per heavy atom. The van der Waals surface area contributed by atoms with E-state index in [1.807, 2.05) is 0 Å². The number of ether oxygens (including phenoxy) is 1. The average Bonchev–Trinajstić information content (AvgIpc) is 2.84. The molecule has 15 heavy (non-hydrogen) atoms. The van der Waals surface area contributed by atoms with Gasteiger partial charge in [0.25, 0.3) is 0 Å². The molecule has 1 aliphatic carbocycles. The third-order valence-corrected chi connectivity index (χ3v) is 3.61. The zero-order valence-corrected chi connectivity index (χ0v) is 8.65. The van der Waals surface area contributed by atoms with Crippen LogP contribution < -0.4 is 0 Å². The van der Waals surface area contributed by atoms with Gasteiger partial charge < -0.3 is 9.57 Å². The quantitative estimate of drug-likeness (QED) is 0.657. The summed E-state index contributed by atoms with van der Waals surface area (Å²) in [5.41, 5.74) is 0.960. The molecule has 0 N–H and O–H groups in total. The minimum absolute atomic E-state index is 0.141. The second-order valence-electron chi connectivity index (χ2n) is 4.58. The molecule has 3 rings (SSSR count). The van der Waals surface area contributed by atoms with E-state index in [1.165, 1.54) is 19.3 Å². The van der Waals surface area contributed by atoms with Crippen molar-refractivity contribution in [2.45, 2.75) is 38.4 Å². The molecule has 0 bridgehead atoms. The maximum Gasteiger partial charge on any atom is 0.242 e. The first-order valence-corrected chi connectivity index (χ1v) is 5.74. The number of Topliss-reactive ketones (excluding diaryl/α,β-unsaturated/α-hetero) is 1. The van der Waals surface area contributed by atoms with Crippen LogP contribution in [0, 0.1) is 11.8 Å². The zero-order valence-electron chi connectivity index (χ0n) is 8.65. The van der Waals surface area contributed by atoms with Crippen molar-refractivity contribution in [3.63, 3.8) is 0 Å². The van der Waals surface area contributed by atoms with Gasteiger partial charge in [-0.25, -0.2) is 0 Å². The van der Waals surface area contributed by atoms with Crippen LogP contribution in [0.1, 0.15) is 32.1 Å². The summed E-state index contributed by atoms with van der Waals surface area (Å²) in [5, 5.41) is 4.07. The summed E-state index contributed by atoms with van der Waals surface area (Å²) in [4.78, 5) is 16.8. The highest BCUT2D eigenvalue weighted by molar-refractivity contribution is 6.08. The normalized spacial score (nSPS) is 36.3. The first kappa shape index (κ1) is 9.33. The molecule has 3 aliphatic rings. The molecular weight excluding hydrogens is 194 g/mol. The zero-order chi connectivity index (χ0) is 10.3. The summed E-state index contributed by atoms with van der Waals surface area (Å²) in [5.74, 6) is 0.411. The number of carbonyl (C=O) groups is 1. The van der Waals surface area contributed by atoms with Crippen molar-refractivity contribution < 1.29 is 14.4 Å². The standard InChI is InChI=1S/C11H15NO3/c13-8-6-14-11-9(8)10(12-15-11)7-4-2-1-3-5-7/h7,9,11H,1-6H2/t9-,11+/m1/s1. The van der Waals surface area contributed by atoms with E-state index in [4.69, 9.17) is 9.57 Å². The fourth-order valence-electron chi connectivity index (χ4n) is 2.79. The lowest BCUT2D eigenvalue weighted by Gasteiger charge is -2.22. The Bertz CT molecular complexity index is 307. The number of carbonyl (C=O) groups excluding carboxylic acids is 1. The average molecular weight is 209 g/mol. The van der Waals surface area contributed by atoms with Gasteiger partial charge in [0, 0.05) is 5.92 Å². The summed E-state index contributed by atoms with van der Waals surface area (Å²) < 4.78 is 5.22. The largest absolute Gasteiger partial charge is 0.362 e. The Morgan fingerprint density at radius 3 is 2.80 bits per heavy atom. The van der Waals surface area contributed by atoms with Crippen molar-refractivity contribution in [1.29, 1.82) is 0 Å². The van der Waals surface area contributed by atoms with Crippen molar-refractivity contribution in [3.8, 4) is 0 Å². The van der Waals surface area contributed by atoms with Crippen LogP contribution in [0.4, 0.5) is 0 Å². The molecule has 2 atom stereocenters. The molecule has 2 heterocycles. The Morgan fingerprint density at radius 2 is 2.00 bits per heavy atom. The van der Waals surface area contributed by atoms with Gasteiger partial charge in [-0.2, -0.15) is 0 Å². The summed E-state index contributed by atoms with van der Waals surface area (Å²) in [6.07, 6.45) is 5.70. The van der Waals surface area contributed by atoms with Crippen LogP contribution in [-0.2, 0) is 14.4 Å². The van der Waals surface area contributed by atoms with Gasteiger partial charge in [-0.15, -0.1) is 0 Å². The number of ketones is 1. The molecule has 1 saturated carbocycles. The first-order chi connectivity index (χ1) is 7.36. The van der Waals surface area contributed by atoms with Gasteiger partial charge in [-0.05, 0) is 12.8 Å². The van der Waals surface area contributed by atoms with E-state index < -0.39 is 6.29 Å². The van der Waals surface area contributed by atoms with E-state index in [0.717, 1.165) is 18.6 Å². The van der Waals surface area contributed by atoms with Crippen LogP contribution in [0.2, 0.25) is 0 Å². The summed E-state index contributed by atoms with van der Waals surface area (Å²) >= 11 is 0. The molecular formula is C11H15NO3. The molecule has 2 aliphatic heterocycles. The fourth-order valence-corrected chi connectivity index (χ4v) is 2.79. The van der Waals surface area contributed by atoms with E-state index in [1.54, 1.807) is 0 Å².